The number of aliphatic imine (C=N–C) groups is 1. The van der Waals surface area contributed by atoms with Crippen molar-refractivity contribution in [1.82, 2.24) is 9.88 Å². The molecular weight excluding hydrogens is 323 g/mol. The van der Waals surface area contributed by atoms with Gasteiger partial charge in [-0.3, -0.25) is 10.2 Å². The molecule has 2 unspecified atom stereocenters. The van der Waals surface area contributed by atoms with Crippen LogP contribution in [0.2, 0.25) is 10.0 Å². The number of aryl methyl sites for hydroxylation is 1. The zero-order valence-electron chi connectivity index (χ0n) is 12.2. The molecule has 5 rings (SSSR count). The van der Waals surface area contributed by atoms with E-state index >= 15 is 0 Å². The first kappa shape index (κ1) is 13.4. The lowest BCUT2D eigenvalue weighted by atomic mass is 9.98. The average Bonchev–Trinajstić information content (AvgIpc) is 3.10. The highest BCUT2D eigenvalue weighted by Gasteiger charge is 2.77. The first-order chi connectivity index (χ1) is 10.5. The van der Waals surface area contributed by atoms with Crippen LogP contribution in [0.5, 0.6) is 0 Å². The minimum absolute atomic E-state index is 0.132. The van der Waals surface area contributed by atoms with Crippen LogP contribution in [0.25, 0.3) is 0 Å². The van der Waals surface area contributed by atoms with Crippen LogP contribution in [0.1, 0.15) is 18.5 Å². The van der Waals surface area contributed by atoms with E-state index < -0.39 is 0 Å². The van der Waals surface area contributed by atoms with Crippen molar-refractivity contribution in [1.29, 1.82) is 0 Å². The third-order valence-electron chi connectivity index (χ3n) is 5.70. The van der Waals surface area contributed by atoms with E-state index in [1.807, 2.05) is 6.92 Å². The van der Waals surface area contributed by atoms with Crippen molar-refractivity contribution in [2.75, 3.05) is 25.0 Å². The number of hydrogen-bond acceptors (Lipinski definition) is 5. The largest absolute Gasteiger partial charge is 0.455 e. The number of ether oxygens (including phenoxy) is 1. The smallest absolute Gasteiger partial charge is 0.291 e. The SMILES string of the molecule is Cc1nc(NC2=NC[C@@]3(CN4CCC45CC53)O2)c(Cl)cc1Cl. The molecule has 5 nitrogen and oxygen atoms in total. The van der Waals surface area contributed by atoms with Crippen molar-refractivity contribution < 1.29 is 4.74 Å². The second kappa shape index (κ2) is 4.08. The number of piperidine rings is 1. The van der Waals surface area contributed by atoms with Crippen LogP contribution in [-0.4, -0.2) is 46.7 Å². The summed E-state index contributed by atoms with van der Waals surface area (Å²) in [7, 11) is 0. The Bertz CT molecular complexity index is 724. The molecule has 1 N–H and O–H groups in total. The van der Waals surface area contributed by atoms with Gasteiger partial charge in [0.25, 0.3) is 6.02 Å². The van der Waals surface area contributed by atoms with Crippen molar-refractivity contribution in [2.45, 2.75) is 30.9 Å². The van der Waals surface area contributed by atoms with Crippen LogP contribution in [-0.2, 0) is 4.74 Å². The first-order valence-corrected chi connectivity index (χ1v) is 8.36. The Kier molecular flexibility index (Phi) is 2.48. The summed E-state index contributed by atoms with van der Waals surface area (Å²) in [6.07, 6.45) is 2.57. The summed E-state index contributed by atoms with van der Waals surface area (Å²) in [5.41, 5.74) is 1.05. The van der Waals surface area contributed by atoms with Crippen molar-refractivity contribution in [3.05, 3.63) is 21.8 Å². The third kappa shape index (κ3) is 1.59. The van der Waals surface area contributed by atoms with Crippen molar-refractivity contribution in [3.63, 3.8) is 0 Å². The molecule has 3 atom stereocenters. The van der Waals surface area contributed by atoms with E-state index in [1.54, 1.807) is 6.07 Å². The molecular formula is C15H16Cl2N4O. The summed E-state index contributed by atoms with van der Waals surface area (Å²) in [5, 5.41) is 4.15. The molecule has 1 aromatic heterocycles. The standard InChI is InChI=1S/C15H16Cl2N4O/c1-8-9(16)4-10(17)12(19-8)20-13-18-6-15(22-13)7-21-3-2-14(21)5-11(14)15/h4,11H,2-3,5-7H2,1H3,(H,18,19,20)/t11?,14?,15-/m0/s1. The maximum absolute atomic E-state index is 6.23. The van der Waals surface area contributed by atoms with Crippen molar-refractivity contribution in [3.8, 4) is 0 Å². The van der Waals surface area contributed by atoms with Gasteiger partial charge in [-0.05, 0) is 25.8 Å². The van der Waals surface area contributed by atoms with E-state index in [1.165, 1.54) is 19.4 Å². The second-order valence-corrected chi connectivity index (χ2v) is 7.65. The molecule has 4 aliphatic rings. The predicted octanol–water partition coefficient (Wildman–Crippen LogP) is 2.71. The van der Waals surface area contributed by atoms with E-state index in [2.05, 4.69) is 20.2 Å². The highest BCUT2D eigenvalue weighted by Crippen LogP contribution is 2.67. The van der Waals surface area contributed by atoms with E-state index in [0.29, 0.717) is 33.3 Å². The molecule has 0 radical (unpaired) electrons. The van der Waals surface area contributed by atoms with E-state index in [9.17, 15) is 0 Å². The Balaban J connectivity index is 1.35. The summed E-state index contributed by atoms with van der Waals surface area (Å²) in [6, 6.07) is 2.22. The number of fused-ring (bicyclic) bond motifs is 1. The molecule has 1 saturated carbocycles. The highest BCUT2D eigenvalue weighted by molar-refractivity contribution is 6.36. The van der Waals surface area contributed by atoms with Crippen molar-refractivity contribution >= 4 is 35.0 Å². The van der Waals surface area contributed by atoms with Crippen LogP contribution < -0.4 is 5.32 Å². The van der Waals surface area contributed by atoms with Gasteiger partial charge in [0.15, 0.2) is 5.82 Å². The van der Waals surface area contributed by atoms with Gasteiger partial charge in [0.1, 0.15) is 5.60 Å². The second-order valence-electron chi connectivity index (χ2n) is 6.83. The molecule has 1 aromatic rings. The van der Waals surface area contributed by atoms with E-state index in [0.717, 1.165) is 18.8 Å². The molecule has 3 aliphatic heterocycles. The lowest BCUT2D eigenvalue weighted by Crippen LogP contribution is -2.49. The third-order valence-corrected chi connectivity index (χ3v) is 6.38. The number of anilines is 1. The maximum atomic E-state index is 6.23. The fourth-order valence-electron chi connectivity index (χ4n) is 4.36. The zero-order chi connectivity index (χ0) is 15.1. The zero-order valence-corrected chi connectivity index (χ0v) is 13.7. The molecule has 1 aliphatic carbocycles. The molecule has 2 saturated heterocycles. The number of halogens is 2. The fraction of sp³-hybridized carbons (Fsp3) is 0.600. The molecule has 0 amide bonds. The van der Waals surface area contributed by atoms with Crippen molar-refractivity contribution in [2.24, 2.45) is 10.9 Å². The minimum atomic E-state index is -0.132. The first-order valence-electron chi connectivity index (χ1n) is 7.61. The van der Waals surface area contributed by atoms with Gasteiger partial charge < -0.3 is 4.74 Å². The van der Waals surface area contributed by atoms with Gasteiger partial charge in [-0.2, -0.15) is 0 Å². The monoisotopic (exact) mass is 338 g/mol. The minimum Gasteiger partial charge on any atom is -0.455 e. The van der Waals surface area contributed by atoms with Crippen LogP contribution in [0.15, 0.2) is 11.1 Å². The topological polar surface area (TPSA) is 49.8 Å². The summed E-state index contributed by atoms with van der Waals surface area (Å²) in [5.74, 6) is 1.18. The summed E-state index contributed by atoms with van der Waals surface area (Å²) < 4.78 is 6.23. The predicted molar refractivity (Wildman–Crippen MR) is 85.8 cm³/mol. The van der Waals surface area contributed by atoms with E-state index in [4.69, 9.17) is 27.9 Å². The normalized spacial score (nSPS) is 38.1. The van der Waals surface area contributed by atoms with Crippen LogP contribution >= 0.6 is 23.2 Å². The number of aromatic nitrogens is 1. The Morgan fingerprint density at radius 3 is 2.91 bits per heavy atom. The van der Waals surface area contributed by atoms with Gasteiger partial charge in [-0.15, -0.1) is 0 Å². The van der Waals surface area contributed by atoms with Gasteiger partial charge in [0.05, 0.1) is 22.3 Å². The van der Waals surface area contributed by atoms with Crippen LogP contribution in [0.4, 0.5) is 5.82 Å². The van der Waals surface area contributed by atoms with Crippen LogP contribution in [0.3, 0.4) is 0 Å². The molecule has 7 heteroatoms. The number of rotatable bonds is 1. The van der Waals surface area contributed by atoms with Gasteiger partial charge >= 0.3 is 0 Å². The Labute approximate surface area is 138 Å². The Morgan fingerprint density at radius 1 is 1.41 bits per heavy atom. The number of pyridine rings is 1. The Hall–Kier alpha value is -1.04. The molecule has 3 fully saturated rings. The number of nitrogens with one attached hydrogen (secondary N) is 1. The molecule has 2 spiro atoms. The van der Waals surface area contributed by atoms with Gasteiger partial charge in [0.2, 0.25) is 0 Å². The molecule has 4 heterocycles. The van der Waals surface area contributed by atoms with E-state index in [-0.39, 0.29) is 5.60 Å². The lowest BCUT2D eigenvalue weighted by molar-refractivity contribution is 0.0433. The fourth-order valence-corrected chi connectivity index (χ4v) is 4.77. The summed E-state index contributed by atoms with van der Waals surface area (Å²) in [6.45, 7) is 4.77. The molecule has 0 bridgehead atoms. The highest BCUT2D eigenvalue weighted by atomic mass is 35.5. The molecule has 22 heavy (non-hydrogen) atoms. The molecule has 116 valence electrons. The number of nitrogens with zero attached hydrogens (tertiary/aromatic N) is 3. The quantitative estimate of drug-likeness (QED) is 0.855. The Morgan fingerprint density at radius 2 is 2.27 bits per heavy atom. The lowest BCUT2D eigenvalue weighted by Gasteiger charge is -2.39. The van der Waals surface area contributed by atoms with Gasteiger partial charge in [-0.25, -0.2) is 9.98 Å². The van der Waals surface area contributed by atoms with Crippen LogP contribution in [0, 0.1) is 12.8 Å². The maximum Gasteiger partial charge on any atom is 0.291 e. The number of amidine groups is 1. The average molecular weight is 339 g/mol. The summed E-state index contributed by atoms with van der Waals surface area (Å²) >= 11 is 12.2. The van der Waals surface area contributed by atoms with Gasteiger partial charge in [-0.1, -0.05) is 23.2 Å². The number of hydrogen-bond donors (Lipinski definition) is 1. The van der Waals surface area contributed by atoms with Gasteiger partial charge in [0, 0.05) is 24.5 Å². The molecule has 0 aromatic carbocycles. The summed E-state index contributed by atoms with van der Waals surface area (Å²) in [4.78, 5) is 11.5.